The standard InChI is InChI=1S/C18H21FN4O2S/c1-22(2)17(25)18(21-14-5-3-4-13(19)10-14)6-8-23(9-7-18)16(24)15-11-26-12-20-15/h3-5,10-12,21H,6-9H2,1-2H3. The Kier molecular flexibility index (Phi) is 5.22. The fraction of sp³-hybridized carbons (Fsp3) is 0.389. The van der Waals surface area contributed by atoms with Crippen LogP contribution in [-0.4, -0.2) is 59.3 Å². The number of benzene rings is 1. The Hall–Kier alpha value is -2.48. The van der Waals surface area contributed by atoms with Crippen molar-refractivity contribution in [2.24, 2.45) is 0 Å². The molecule has 1 N–H and O–H groups in total. The van der Waals surface area contributed by atoms with Gasteiger partial charge in [-0.05, 0) is 31.0 Å². The molecule has 6 nitrogen and oxygen atoms in total. The highest BCUT2D eigenvalue weighted by Gasteiger charge is 2.43. The summed E-state index contributed by atoms with van der Waals surface area (Å²) < 4.78 is 13.5. The van der Waals surface area contributed by atoms with Crippen molar-refractivity contribution < 1.29 is 14.0 Å². The molecule has 1 aromatic carbocycles. The van der Waals surface area contributed by atoms with E-state index in [1.807, 2.05) is 0 Å². The van der Waals surface area contributed by atoms with Crippen molar-refractivity contribution in [2.75, 3.05) is 32.5 Å². The highest BCUT2D eigenvalue weighted by molar-refractivity contribution is 7.07. The van der Waals surface area contributed by atoms with Gasteiger partial charge >= 0.3 is 0 Å². The highest BCUT2D eigenvalue weighted by Crippen LogP contribution is 2.30. The number of aromatic nitrogens is 1. The van der Waals surface area contributed by atoms with Gasteiger partial charge < -0.3 is 15.1 Å². The van der Waals surface area contributed by atoms with Gasteiger partial charge in [-0.3, -0.25) is 9.59 Å². The van der Waals surface area contributed by atoms with Gasteiger partial charge in [0.05, 0.1) is 5.51 Å². The maximum atomic E-state index is 13.5. The molecule has 0 aliphatic carbocycles. The zero-order chi connectivity index (χ0) is 18.7. The van der Waals surface area contributed by atoms with Crippen molar-refractivity contribution in [3.63, 3.8) is 0 Å². The van der Waals surface area contributed by atoms with E-state index >= 15 is 0 Å². The Balaban J connectivity index is 1.78. The van der Waals surface area contributed by atoms with Gasteiger partial charge in [0.15, 0.2) is 0 Å². The number of hydrogen-bond acceptors (Lipinski definition) is 5. The van der Waals surface area contributed by atoms with Gasteiger partial charge in [-0.2, -0.15) is 0 Å². The summed E-state index contributed by atoms with van der Waals surface area (Å²) in [6, 6.07) is 6.07. The van der Waals surface area contributed by atoms with Crippen molar-refractivity contribution in [3.8, 4) is 0 Å². The number of halogens is 1. The summed E-state index contributed by atoms with van der Waals surface area (Å²) in [6.07, 6.45) is 0.882. The van der Waals surface area contributed by atoms with Crippen molar-refractivity contribution in [1.29, 1.82) is 0 Å². The van der Waals surface area contributed by atoms with Crippen molar-refractivity contribution in [2.45, 2.75) is 18.4 Å². The van der Waals surface area contributed by atoms with Crippen molar-refractivity contribution in [1.82, 2.24) is 14.8 Å². The van der Waals surface area contributed by atoms with Gasteiger partial charge in [0, 0.05) is 38.3 Å². The number of likely N-dealkylation sites (tertiary alicyclic amines) is 1. The molecule has 26 heavy (non-hydrogen) atoms. The summed E-state index contributed by atoms with van der Waals surface area (Å²) >= 11 is 1.38. The van der Waals surface area contributed by atoms with Gasteiger partial charge in [-0.15, -0.1) is 11.3 Å². The number of anilines is 1. The molecule has 2 aromatic rings. The van der Waals surface area contributed by atoms with Gasteiger partial charge in [-0.25, -0.2) is 9.37 Å². The maximum Gasteiger partial charge on any atom is 0.273 e. The second kappa shape index (κ2) is 7.41. The average molecular weight is 376 g/mol. The SMILES string of the molecule is CN(C)C(=O)C1(Nc2cccc(F)c2)CCN(C(=O)c2cscn2)CC1. The van der Waals surface area contributed by atoms with E-state index in [0.717, 1.165) is 0 Å². The Bertz CT molecular complexity index is 786. The summed E-state index contributed by atoms with van der Waals surface area (Å²) in [5.41, 5.74) is 1.75. The van der Waals surface area contributed by atoms with Crippen LogP contribution in [0.15, 0.2) is 35.2 Å². The minimum absolute atomic E-state index is 0.0810. The van der Waals surface area contributed by atoms with E-state index in [0.29, 0.717) is 37.3 Å². The molecule has 2 amide bonds. The molecule has 0 radical (unpaired) electrons. The number of likely N-dealkylation sites (N-methyl/N-ethyl adjacent to an activating group) is 1. The fourth-order valence-corrected chi connectivity index (χ4v) is 3.76. The molecule has 1 aromatic heterocycles. The maximum absolute atomic E-state index is 13.5. The zero-order valence-corrected chi connectivity index (χ0v) is 15.6. The molecule has 1 aliphatic heterocycles. The molecular formula is C18H21FN4O2S. The van der Waals surface area contributed by atoms with Crippen LogP contribution in [0.3, 0.4) is 0 Å². The van der Waals surface area contributed by atoms with Crippen LogP contribution in [0.2, 0.25) is 0 Å². The Labute approximate surface area is 155 Å². The first-order chi connectivity index (χ1) is 12.4. The molecule has 0 saturated carbocycles. The number of rotatable bonds is 4. The second-order valence-electron chi connectivity index (χ2n) is 6.58. The third kappa shape index (κ3) is 3.70. The van der Waals surface area contributed by atoms with E-state index in [1.165, 1.54) is 28.4 Å². The van der Waals surface area contributed by atoms with E-state index in [4.69, 9.17) is 0 Å². The van der Waals surface area contributed by atoms with E-state index in [2.05, 4.69) is 10.3 Å². The van der Waals surface area contributed by atoms with E-state index in [-0.39, 0.29) is 17.6 Å². The smallest absolute Gasteiger partial charge is 0.273 e. The number of nitrogens with one attached hydrogen (secondary N) is 1. The molecule has 1 fully saturated rings. The lowest BCUT2D eigenvalue weighted by atomic mass is 9.85. The van der Waals surface area contributed by atoms with E-state index < -0.39 is 5.54 Å². The number of piperidine rings is 1. The van der Waals surface area contributed by atoms with Gasteiger partial charge in [0.2, 0.25) is 5.91 Å². The van der Waals surface area contributed by atoms with Crippen LogP contribution in [0.4, 0.5) is 10.1 Å². The van der Waals surface area contributed by atoms with Crippen LogP contribution in [0, 0.1) is 5.82 Å². The van der Waals surface area contributed by atoms with Gasteiger partial charge in [0.25, 0.3) is 5.91 Å². The molecule has 2 heterocycles. The summed E-state index contributed by atoms with van der Waals surface area (Å²) in [5.74, 6) is -0.566. The normalized spacial score (nSPS) is 16.2. The number of carbonyl (C=O) groups is 2. The molecule has 0 atom stereocenters. The first-order valence-corrected chi connectivity index (χ1v) is 9.28. The second-order valence-corrected chi connectivity index (χ2v) is 7.30. The summed E-state index contributed by atoms with van der Waals surface area (Å²) in [7, 11) is 3.40. The topological polar surface area (TPSA) is 65.5 Å². The van der Waals surface area contributed by atoms with Crippen molar-refractivity contribution >= 4 is 28.8 Å². The predicted octanol–water partition coefficient (Wildman–Crippen LogP) is 2.46. The largest absolute Gasteiger partial charge is 0.371 e. The fourth-order valence-electron chi connectivity index (χ4n) is 3.23. The van der Waals surface area contributed by atoms with E-state index in [1.54, 1.807) is 42.0 Å². The summed E-state index contributed by atoms with van der Waals surface area (Å²) in [4.78, 5) is 32.7. The number of nitrogens with zero attached hydrogens (tertiary/aromatic N) is 3. The first-order valence-electron chi connectivity index (χ1n) is 8.34. The Morgan fingerprint density at radius 2 is 2.04 bits per heavy atom. The lowest BCUT2D eigenvalue weighted by molar-refractivity contribution is -0.135. The van der Waals surface area contributed by atoms with Crippen LogP contribution < -0.4 is 5.32 Å². The first kappa shape index (κ1) is 18.3. The molecule has 138 valence electrons. The summed E-state index contributed by atoms with van der Waals surface area (Å²) in [6.45, 7) is 0.858. The third-order valence-electron chi connectivity index (χ3n) is 4.58. The van der Waals surface area contributed by atoms with Gasteiger partial charge in [0.1, 0.15) is 17.1 Å². The molecule has 1 saturated heterocycles. The molecule has 0 spiro atoms. The van der Waals surface area contributed by atoms with Gasteiger partial charge in [-0.1, -0.05) is 6.07 Å². The van der Waals surface area contributed by atoms with Crippen molar-refractivity contribution in [3.05, 3.63) is 46.7 Å². The number of carbonyl (C=O) groups excluding carboxylic acids is 2. The number of hydrogen-bond donors (Lipinski definition) is 1. The molecule has 3 rings (SSSR count). The monoisotopic (exact) mass is 376 g/mol. The summed E-state index contributed by atoms with van der Waals surface area (Å²) in [5, 5.41) is 4.95. The van der Waals surface area contributed by atoms with Crippen LogP contribution in [0.1, 0.15) is 23.3 Å². The number of thiazole rings is 1. The molecule has 1 aliphatic rings. The molecule has 8 heteroatoms. The minimum atomic E-state index is -0.865. The van der Waals surface area contributed by atoms with Crippen LogP contribution in [0.5, 0.6) is 0 Å². The molecule has 0 bridgehead atoms. The average Bonchev–Trinajstić information content (AvgIpc) is 3.15. The third-order valence-corrected chi connectivity index (χ3v) is 5.17. The quantitative estimate of drug-likeness (QED) is 0.890. The van der Waals surface area contributed by atoms with Crippen LogP contribution >= 0.6 is 11.3 Å². The Morgan fingerprint density at radius 1 is 1.31 bits per heavy atom. The lowest BCUT2D eigenvalue weighted by Crippen LogP contribution is -2.58. The number of amides is 2. The highest BCUT2D eigenvalue weighted by atomic mass is 32.1. The van der Waals surface area contributed by atoms with Crippen LogP contribution in [-0.2, 0) is 4.79 Å². The molecule has 0 unspecified atom stereocenters. The minimum Gasteiger partial charge on any atom is -0.371 e. The Morgan fingerprint density at radius 3 is 2.62 bits per heavy atom. The predicted molar refractivity (Wildman–Crippen MR) is 98.7 cm³/mol. The molecular weight excluding hydrogens is 355 g/mol. The van der Waals surface area contributed by atoms with Crippen LogP contribution in [0.25, 0.3) is 0 Å². The van der Waals surface area contributed by atoms with E-state index in [9.17, 15) is 14.0 Å². The lowest BCUT2D eigenvalue weighted by Gasteiger charge is -2.42. The zero-order valence-electron chi connectivity index (χ0n) is 14.7.